The Morgan fingerprint density at radius 2 is 1.96 bits per heavy atom. The molecule has 0 radical (unpaired) electrons. The highest BCUT2D eigenvalue weighted by Crippen LogP contribution is 2.17. The minimum Gasteiger partial charge on any atom is -0.497 e. The first-order valence-electron chi connectivity index (χ1n) is 7.32. The summed E-state index contributed by atoms with van der Waals surface area (Å²) >= 11 is 0. The smallest absolute Gasteiger partial charge is 0.271 e. The highest BCUT2D eigenvalue weighted by atomic mass is 16.6. The van der Waals surface area contributed by atoms with E-state index in [0.717, 1.165) is 0 Å². The van der Waals surface area contributed by atoms with Gasteiger partial charge in [0.25, 0.3) is 11.2 Å². The molecule has 0 aliphatic rings. The quantitative estimate of drug-likeness (QED) is 0.433. The van der Waals surface area contributed by atoms with E-state index >= 15 is 0 Å². The molecule has 1 N–H and O–H groups in total. The Labute approximate surface area is 141 Å². The topological polar surface area (TPSA) is 115 Å². The van der Waals surface area contributed by atoms with Crippen molar-refractivity contribution < 1.29 is 14.5 Å². The molecule has 126 valence electrons. The van der Waals surface area contributed by atoms with Gasteiger partial charge in [-0.15, -0.1) is 0 Å². The van der Waals surface area contributed by atoms with Crippen molar-refractivity contribution in [2.24, 2.45) is 0 Å². The number of fused-ring (bicyclic) bond motifs is 1. The van der Waals surface area contributed by atoms with Crippen LogP contribution in [0.15, 0.2) is 47.3 Å². The molecule has 8 heteroatoms. The predicted molar refractivity (Wildman–Crippen MR) is 90.0 cm³/mol. The van der Waals surface area contributed by atoms with Gasteiger partial charge < -0.3 is 9.72 Å². The summed E-state index contributed by atoms with van der Waals surface area (Å²) in [5.74, 6) is 0.330. The SMILES string of the molecule is COc1ccc(C(=O)Cc2nc3cc([N+](=O)[O-])ccc3[nH]c2=O)cc1. The molecule has 0 bridgehead atoms. The zero-order valence-electron chi connectivity index (χ0n) is 13.2. The first-order valence-corrected chi connectivity index (χ1v) is 7.32. The lowest BCUT2D eigenvalue weighted by atomic mass is 10.1. The Bertz CT molecular complexity index is 1020. The van der Waals surface area contributed by atoms with Crippen LogP contribution < -0.4 is 10.3 Å². The first-order chi connectivity index (χ1) is 12.0. The summed E-state index contributed by atoms with van der Waals surface area (Å²) in [5, 5.41) is 10.9. The summed E-state index contributed by atoms with van der Waals surface area (Å²) in [6.45, 7) is 0. The number of hydrogen-bond donors (Lipinski definition) is 1. The third-order valence-electron chi connectivity index (χ3n) is 3.70. The van der Waals surface area contributed by atoms with Crippen LogP contribution in [-0.4, -0.2) is 27.8 Å². The molecule has 1 aromatic heterocycles. The maximum absolute atomic E-state index is 12.3. The molecule has 3 aromatic rings. The number of aromatic nitrogens is 2. The minimum atomic E-state index is -0.547. The van der Waals surface area contributed by atoms with Gasteiger partial charge in [0, 0.05) is 17.7 Å². The van der Waals surface area contributed by atoms with E-state index < -0.39 is 10.5 Å². The molecule has 1 heterocycles. The molecular weight excluding hydrogens is 326 g/mol. The number of rotatable bonds is 5. The van der Waals surface area contributed by atoms with Crippen LogP contribution in [0.25, 0.3) is 11.0 Å². The van der Waals surface area contributed by atoms with Crippen molar-refractivity contribution >= 4 is 22.5 Å². The number of nitro benzene ring substituents is 1. The van der Waals surface area contributed by atoms with E-state index in [2.05, 4.69) is 9.97 Å². The van der Waals surface area contributed by atoms with Crippen molar-refractivity contribution in [1.82, 2.24) is 9.97 Å². The monoisotopic (exact) mass is 339 g/mol. The van der Waals surface area contributed by atoms with Crippen LogP contribution in [0.2, 0.25) is 0 Å². The number of aromatic amines is 1. The molecule has 0 saturated carbocycles. The maximum Gasteiger partial charge on any atom is 0.271 e. The summed E-state index contributed by atoms with van der Waals surface area (Å²) in [4.78, 5) is 41.4. The van der Waals surface area contributed by atoms with Gasteiger partial charge in [0.2, 0.25) is 0 Å². The average molecular weight is 339 g/mol. The Morgan fingerprint density at radius 1 is 1.24 bits per heavy atom. The van der Waals surface area contributed by atoms with Crippen molar-refractivity contribution in [1.29, 1.82) is 0 Å². The van der Waals surface area contributed by atoms with E-state index in [9.17, 15) is 19.7 Å². The van der Waals surface area contributed by atoms with Gasteiger partial charge in [-0.3, -0.25) is 19.7 Å². The third-order valence-corrected chi connectivity index (χ3v) is 3.70. The minimum absolute atomic E-state index is 0.00816. The fraction of sp³-hybridized carbons (Fsp3) is 0.118. The van der Waals surface area contributed by atoms with E-state index in [1.165, 1.54) is 25.3 Å². The molecule has 0 spiro atoms. The van der Waals surface area contributed by atoms with Crippen molar-refractivity contribution in [2.75, 3.05) is 7.11 Å². The molecule has 3 rings (SSSR count). The van der Waals surface area contributed by atoms with E-state index in [1.807, 2.05) is 0 Å². The number of ether oxygens (including phenoxy) is 1. The van der Waals surface area contributed by atoms with Crippen LogP contribution in [0.5, 0.6) is 5.75 Å². The van der Waals surface area contributed by atoms with Gasteiger partial charge >= 0.3 is 0 Å². The second-order valence-electron chi connectivity index (χ2n) is 5.30. The van der Waals surface area contributed by atoms with Gasteiger partial charge in [-0.2, -0.15) is 0 Å². The van der Waals surface area contributed by atoms with Crippen molar-refractivity contribution in [3.05, 3.63) is 74.2 Å². The summed E-state index contributed by atoms with van der Waals surface area (Å²) in [6.07, 6.45) is -0.208. The van der Waals surface area contributed by atoms with Gasteiger partial charge in [0.1, 0.15) is 11.4 Å². The standard InChI is InChI=1S/C17H13N3O5/c1-25-12-5-2-10(3-6-12)16(21)9-15-17(22)19-13-7-4-11(20(23)24)8-14(13)18-15/h2-8H,9H2,1H3,(H,19,22). The second kappa shape index (κ2) is 6.52. The zero-order valence-corrected chi connectivity index (χ0v) is 13.2. The lowest BCUT2D eigenvalue weighted by Crippen LogP contribution is -2.19. The number of carbonyl (C=O) groups is 1. The van der Waals surface area contributed by atoms with E-state index in [-0.39, 0.29) is 29.1 Å². The van der Waals surface area contributed by atoms with Gasteiger partial charge in [-0.1, -0.05) is 0 Å². The number of nitrogens with one attached hydrogen (secondary N) is 1. The number of non-ortho nitro benzene ring substituents is 1. The van der Waals surface area contributed by atoms with Gasteiger partial charge in [-0.05, 0) is 30.3 Å². The zero-order chi connectivity index (χ0) is 18.0. The number of benzene rings is 2. The van der Waals surface area contributed by atoms with E-state index in [4.69, 9.17) is 4.74 Å². The number of methoxy groups -OCH3 is 1. The number of hydrogen-bond acceptors (Lipinski definition) is 6. The van der Waals surface area contributed by atoms with Crippen molar-refractivity contribution in [2.45, 2.75) is 6.42 Å². The van der Waals surface area contributed by atoms with Crippen molar-refractivity contribution in [3.63, 3.8) is 0 Å². The fourth-order valence-corrected chi connectivity index (χ4v) is 2.37. The van der Waals surface area contributed by atoms with Crippen LogP contribution in [0.4, 0.5) is 5.69 Å². The van der Waals surface area contributed by atoms with Crippen LogP contribution >= 0.6 is 0 Å². The molecule has 0 saturated heterocycles. The number of Topliss-reactive ketones (excluding diaryl/α,β-unsaturated/α-hetero) is 1. The van der Waals surface area contributed by atoms with Gasteiger partial charge in [0.15, 0.2) is 5.78 Å². The van der Waals surface area contributed by atoms with E-state index in [1.54, 1.807) is 24.3 Å². The molecule has 0 fully saturated rings. The number of carbonyl (C=O) groups excluding carboxylic acids is 1. The summed E-state index contributed by atoms with van der Waals surface area (Å²) in [6, 6.07) is 10.4. The Kier molecular flexibility index (Phi) is 4.25. The lowest BCUT2D eigenvalue weighted by molar-refractivity contribution is -0.384. The molecule has 0 amide bonds. The third kappa shape index (κ3) is 3.37. The fourth-order valence-electron chi connectivity index (χ4n) is 2.37. The molecule has 0 aliphatic carbocycles. The molecule has 0 unspecified atom stereocenters. The summed E-state index contributed by atoms with van der Waals surface area (Å²) in [7, 11) is 1.52. The normalized spacial score (nSPS) is 10.6. The number of nitro groups is 1. The Balaban J connectivity index is 1.94. The Morgan fingerprint density at radius 3 is 2.60 bits per heavy atom. The largest absolute Gasteiger partial charge is 0.497 e. The number of nitrogens with zero attached hydrogens (tertiary/aromatic N) is 2. The van der Waals surface area contributed by atoms with Gasteiger partial charge in [-0.25, -0.2) is 4.98 Å². The predicted octanol–water partition coefficient (Wildman–Crippen LogP) is 2.27. The van der Waals surface area contributed by atoms with Crippen LogP contribution in [0.3, 0.4) is 0 Å². The second-order valence-corrected chi connectivity index (χ2v) is 5.30. The van der Waals surface area contributed by atoms with Crippen LogP contribution in [0.1, 0.15) is 16.1 Å². The van der Waals surface area contributed by atoms with Crippen LogP contribution in [0, 0.1) is 10.1 Å². The molecule has 2 aromatic carbocycles. The molecule has 0 aliphatic heterocycles. The summed E-state index contributed by atoms with van der Waals surface area (Å²) < 4.78 is 5.03. The van der Waals surface area contributed by atoms with Gasteiger partial charge in [0.05, 0.1) is 29.5 Å². The molecular formula is C17H13N3O5. The molecule has 0 atom stereocenters. The van der Waals surface area contributed by atoms with Crippen LogP contribution in [-0.2, 0) is 6.42 Å². The maximum atomic E-state index is 12.3. The average Bonchev–Trinajstić information content (AvgIpc) is 2.62. The molecule has 8 nitrogen and oxygen atoms in total. The van der Waals surface area contributed by atoms with Crippen molar-refractivity contribution in [3.8, 4) is 5.75 Å². The summed E-state index contributed by atoms with van der Waals surface area (Å²) in [5.41, 5.74) is 0.417. The highest BCUT2D eigenvalue weighted by molar-refractivity contribution is 5.97. The highest BCUT2D eigenvalue weighted by Gasteiger charge is 2.14. The molecule has 25 heavy (non-hydrogen) atoms. The van der Waals surface area contributed by atoms with E-state index in [0.29, 0.717) is 16.8 Å². The number of H-pyrrole nitrogens is 1. The Hall–Kier alpha value is -3.55. The number of ketones is 1. The lowest BCUT2D eigenvalue weighted by Gasteiger charge is -2.04. The first kappa shape index (κ1) is 16.3.